The summed E-state index contributed by atoms with van der Waals surface area (Å²) in [5.41, 5.74) is -0.357. The zero-order chi connectivity index (χ0) is 17.6. The van der Waals surface area contributed by atoms with Crippen LogP contribution in [-0.2, 0) is 6.54 Å². The van der Waals surface area contributed by atoms with Crippen molar-refractivity contribution in [1.82, 2.24) is 9.97 Å². The molecule has 1 N–H and O–H groups in total. The van der Waals surface area contributed by atoms with E-state index in [0.29, 0.717) is 17.3 Å². The number of anilines is 1. The summed E-state index contributed by atoms with van der Waals surface area (Å²) in [5, 5.41) is 14.3. The van der Waals surface area contributed by atoms with Crippen LogP contribution in [0.4, 0.5) is 11.5 Å². The maximum atomic E-state index is 11.5. The first-order valence-electron chi connectivity index (χ1n) is 7.25. The van der Waals surface area contributed by atoms with Crippen LogP contribution < -0.4 is 14.8 Å². The lowest BCUT2D eigenvalue weighted by molar-refractivity contribution is -0.385. The van der Waals surface area contributed by atoms with Gasteiger partial charge in [-0.3, -0.25) is 10.1 Å². The molecule has 3 aromatic rings. The third-order valence-electron chi connectivity index (χ3n) is 3.26. The summed E-state index contributed by atoms with van der Waals surface area (Å²) < 4.78 is 15.8. The highest BCUT2D eigenvalue weighted by atomic mass is 16.6. The maximum absolute atomic E-state index is 11.5. The van der Waals surface area contributed by atoms with E-state index in [9.17, 15) is 10.1 Å². The topological polar surface area (TPSA) is 113 Å². The second-order valence-electron chi connectivity index (χ2n) is 4.84. The maximum Gasteiger partial charge on any atom is 0.373 e. The molecule has 0 saturated heterocycles. The number of nitrogens with one attached hydrogen (secondary N) is 1. The fourth-order valence-corrected chi connectivity index (χ4v) is 2.07. The molecular weight excluding hydrogens is 328 g/mol. The molecule has 0 amide bonds. The van der Waals surface area contributed by atoms with E-state index in [1.807, 2.05) is 0 Å². The van der Waals surface area contributed by atoms with E-state index in [-0.39, 0.29) is 23.9 Å². The van der Waals surface area contributed by atoms with Gasteiger partial charge in [-0.05, 0) is 36.4 Å². The van der Waals surface area contributed by atoms with E-state index in [4.69, 9.17) is 13.9 Å². The minimum atomic E-state index is -0.594. The number of aromatic nitrogens is 2. The zero-order valence-electron chi connectivity index (χ0n) is 13.2. The van der Waals surface area contributed by atoms with Gasteiger partial charge in [0.05, 0.1) is 24.8 Å². The van der Waals surface area contributed by atoms with Gasteiger partial charge in [0, 0.05) is 0 Å². The molecule has 9 heteroatoms. The Kier molecular flexibility index (Phi) is 4.74. The van der Waals surface area contributed by atoms with Gasteiger partial charge in [-0.2, -0.15) is 4.98 Å². The predicted molar refractivity (Wildman–Crippen MR) is 87.8 cm³/mol. The molecule has 0 spiro atoms. The Morgan fingerprint density at radius 2 is 1.96 bits per heavy atom. The highest BCUT2D eigenvalue weighted by Gasteiger charge is 2.25. The third kappa shape index (κ3) is 3.83. The van der Waals surface area contributed by atoms with Gasteiger partial charge in [-0.1, -0.05) is 0 Å². The molecule has 0 bridgehead atoms. The number of nitro groups is 1. The van der Waals surface area contributed by atoms with Crippen molar-refractivity contribution >= 4 is 11.5 Å². The minimum absolute atomic E-state index is 0.0416. The van der Waals surface area contributed by atoms with Crippen LogP contribution in [0.25, 0.3) is 0 Å². The average Bonchev–Trinajstić information content (AvgIpc) is 3.14. The van der Waals surface area contributed by atoms with Crippen molar-refractivity contribution in [1.29, 1.82) is 0 Å². The summed E-state index contributed by atoms with van der Waals surface area (Å²) >= 11 is 0. The molecule has 9 nitrogen and oxygen atoms in total. The molecule has 0 unspecified atom stereocenters. The Labute approximate surface area is 142 Å². The van der Waals surface area contributed by atoms with E-state index < -0.39 is 4.92 Å². The van der Waals surface area contributed by atoms with Crippen LogP contribution in [0.5, 0.6) is 17.4 Å². The quantitative estimate of drug-likeness (QED) is 0.513. The number of rotatable bonds is 7. The Hall–Kier alpha value is -3.62. The first-order valence-corrected chi connectivity index (χ1v) is 7.25. The van der Waals surface area contributed by atoms with Crippen molar-refractivity contribution in [3.63, 3.8) is 0 Å². The van der Waals surface area contributed by atoms with Gasteiger partial charge in [-0.15, -0.1) is 0 Å². The van der Waals surface area contributed by atoms with Crippen molar-refractivity contribution in [2.24, 2.45) is 0 Å². The average molecular weight is 342 g/mol. The van der Waals surface area contributed by atoms with Crippen molar-refractivity contribution in [2.75, 3.05) is 12.4 Å². The molecule has 128 valence electrons. The molecule has 0 atom stereocenters. The predicted octanol–water partition coefficient (Wildman–Crippen LogP) is 3.39. The largest absolute Gasteiger partial charge is 0.497 e. The van der Waals surface area contributed by atoms with Crippen molar-refractivity contribution in [3.05, 3.63) is 64.9 Å². The van der Waals surface area contributed by atoms with Gasteiger partial charge in [0.2, 0.25) is 5.82 Å². The second kappa shape index (κ2) is 7.30. The van der Waals surface area contributed by atoms with Crippen molar-refractivity contribution in [2.45, 2.75) is 6.54 Å². The molecule has 3 rings (SSSR count). The van der Waals surface area contributed by atoms with E-state index >= 15 is 0 Å². The van der Waals surface area contributed by atoms with E-state index in [0.717, 1.165) is 0 Å². The van der Waals surface area contributed by atoms with Gasteiger partial charge >= 0.3 is 11.6 Å². The minimum Gasteiger partial charge on any atom is -0.497 e. The zero-order valence-corrected chi connectivity index (χ0v) is 13.2. The Bertz CT molecular complexity index is 849. The molecule has 0 aliphatic rings. The third-order valence-corrected chi connectivity index (χ3v) is 3.26. The Morgan fingerprint density at radius 3 is 2.60 bits per heavy atom. The fraction of sp³-hybridized carbons (Fsp3) is 0.125. The van der Waals surface area contributed by atoms with Gasteiger partial charge < -0.3 is 19.2 Å². The van der Waals surface area contributed by atoms with E-state index in [1.165, 1.54) is 12.6 Å². The van der Waals surface area contributed by atoms with Crippen LogP contribution >= 0.6 is 0 Å². The number of hydrogen-bond donors (Lipinski definition) is 1. The summed E-state index contributed by atoms with van der Waals surface area (Å²) in [6.45, 7) is 0.243. The smallest absolute Gasteiger partial charge is 0.373 e. The normalized spacial score (nSPS) is 10.3. The Morgan fingerprint density at radius 1 is 1.20 bits per heavy atom. The number of ether oxygens (including phenoxy) is 2. The van der Waals surface area contributed by atoms with Crippen LogP contribution in [0.15, 0.2) is 53.4 Å². The molecule has 0 aliphatic heterocycles. The van der Waals surface area contributed by atoms with Gasteiger partial charge in [-0.25, -0.2) is 4.98 Å². The Balaban J connectivity index is 1.84. The lowest BCUT2D eigenvalue weighted by Gasteiger charge is -2.09. The van der Waals surface area contributed by atoms with Crippen molar-refractivity contribution < 1.29 is 18.8 Å². The fourth-order valence-electron chi connectivity index (χ4n) is 2.07. The van der Waals surface area contributed by atoms with Crippen molar-refractivity contribution in [3.8, 4) is 17.4 Å². The highest BCUT2D eigenvalue weighted by molar-refractivity contribution is 5.61. The molecular formula is C16H14N4O5. The molecule has 2 heterocycles. The molecule has 0 aliphatic carbocycles. The van der Waals surface area contributed by atoms with Gasteiger partial charge in [0.15, 0.2) is 0 Å². The summed E-state index contributed by atoms with van der Waals surface area (Å²) in [6.07, 6.45) is 2.71. The first kappa shape index (κ1) is 16.2. The molecule has 0 saturated carbocycles. The number of hydrogen-bond acceptors (Lipinski definition) is 8. The van der Waals surface area contributed by atoms with Crippen LogP contribution in [0, 0.1) is 10.1 Å². The summed E-state index contributed by atoms with van der Waals surface area (Å²) in [4.78, 5) is 18.7. The molecule has 25 heavy (non-hydrogen) atoms. The molecule has 1 aromatic carbocycles. The van der Waals surface area contributed by atoms with Crippen LogP contribution in [0.1, 0.15) is 5.76 Å². The summed E-state index contributed by atoms with van der Waals surface area (Å²) in [6, 6.07) is 10.1. The lowest BCUT2D eigenvalue weighted by atomic mass is 10.3. The van der Waals surface area contributed by atoms with Crippen LogP contribution in [0.3, 0.4) is 0 Å². The van der Waals surface area contributed by atoms with Crippen LogP contribution in [-0.4, -0.2) is 22.0 Å². The number of nitrogens with zero attached hydrogens (tertiary/aromatic N) is 3. The summed E-state index contributed by atoms with van der Waals surface area (Å²) in [5.74, 6) is 1.53. The monoisotopic (exact) mass is 342 g/mol. The first-order chi connectivity index (χ1) is 12.2. The summed E-state index contributed by atoms with van der Waals surface area (Å²) in [7, 11) is 1.54. The standard InChI is InChI=1S/C16H14N4O5/c1-23-11-4-6-12(7-5-11)25-16-14(20(21)22)15(18-10-19-16)17-9-13-3-2-8-24-13/h2-8,10H,9H2,1H3,(H,17,18,19). The van der Waals surface area contributed by atoms with Crippen LogP contribution in [0.2, 0.25) is 0 Å². The van der Waals surface area contributed by atoms with Gasteiger partial charge in [0.25, 0.3) is 0 Å². The van der Waals surface area contributed by atoms with Gasteiger partial charge in [0.1, 0.15) is 23.6 Å². The van der Waals surface area contributed by atoms with E-state index in [2.05, 4.69) is 15.3 Å². The molecule has 2 aromatic heterocycles. The number of furan rings is 1. The SMILES string of the molecule is COc1ccc(Oc2ncnc(NCc3ccco3)c2[N+](=O)[O-])cc1. The number of benzene rings is 1. The second-order valence-corrected chi connectivity index (χ2v) is 4.84. The molecule has 0 radical (unpaired) electrons. The van der Waals surface area contributed by atoms with E-state index in [1.54, 1.807) is 43.5 Å². The lowest BCUT2D eigenvalue weighted by Crippen LogP contribution is -2.06. The number of methoxy groups -OCH3 is 1. The highest BCUT2D eigenvalue weighted by Crippen LogP contribution is 2.34. The molecule has 0 fully saturated rings.